The van der Waals surface area contributed by atoms with Gasteiger partial charge in [-0.25, -0.2) is 0 Å². The molecule has 1 aromatic rings. The van der Waals surface area contributed by atoms with Crippen molar-refractivity contribution in [2.75, 3.05) is 26.3 Å². The summed E-state index contributed by atoms with van der Waals surface area (Å²) in [6, 6.07) is 4.64. The number of halogens is 1. The zero-order valence-electron chi connectivity index (χ0n) is 10.2. The Kier molecular flexibility index (Phi) is 4.49. The highest BCUT2D eigenvalue weighted by Crippen LogP contribution is 2.25. The maximum atomic E-state index is 12.0. The van der Waals surface area contributed by atoms with Crippen molar-refractivity contribution >= 4 is 27.5 Å². The molecular formula is C12H13BrN2O4. The average molecular weight is 329 g/mol. The van der Waals surface area contributed by atoms with Gasteiger partial charge in [-0.15, -0.1) is 0 Å². The lowest BCUT2D eigenvalue weighted by atomic mass is 10.1. The normalized spacial score (nSPS) is 15.3. The molecule has 1 amide bonds. The van der Waals surface area contributed by atoms with Crippen LogP contribution < -0.4 is 0 Å². The van der Waals surface area contributed by atoms with Crippen LogP contribution in [0.25, 0.3) is 0 Å². The smallest absolute Gasteiger partial charge is 0.283 e. The summed E-state index contributed by atoms with van der Waals surface area (Å²) in [7, 11) is 0. The van der Waals surface area contributed by atoms with Crippen LogP contribution in [0.1, 0.15) is 5.56 Å². The van der Waals surface area contributed by atoms with E-state index in [1.165, 1.54) is 6.07 Å². The molecule has 19 heavy (non-hydrogen) atoms. The van der Waals surface area contributed by atoms with Crippen molar-refractivity contribution in [1.29, 1.82) is 0 Å². The van der Waals surface area contributed by atoms with Crippen LogP contribution in [0.5, 0.6) is 0 Å². The molecule has 7 heteroatoms. The van der Waals surface area contributed by atoms with E-state index in [4.69, 9.17) is 4.74 Å². The number of morpholine rings is 1. The van der Waals surface area contributed by atoms with Crippen molar-refractivity contribution in [2.45, 2.75) is 6.42 Å². The lowest BCUT2D eigenvalue weighted by Gasteiger charge is -2.26. The third-order valence-electron chi connectivity index (χ3n) is 2.93. The Bertz CT molecular complexity index is 501. The highest BCUT2D eigenvalue weighted by atomic mass is 79.9. The van der Waals surface area contributed by atoms with Crippen LogP contribution in [0.3, 0.4) is 0 Å². The fourth-order valence-electron chi connectivity index (χ4n) is 1.91. The quantitative estimate of drug-likeness (QED) is 0.626. The van der Waals surface area contributed by atoms with Crippen molar-refractivity contribution in [1.82, 2.24) is 4.90 Å². The number of nitro benzene ring substituents is 1. The minimum atomic E-state index is -0.461. The Morgan fingerprint density at radius 3 is 2.68 bits per heavy atom. The van der Waals surface area contributed by atoms with Gasteiger partial charge in [-0.1, -0.05) is 6.07 Å². The standard InChI is InChI=1S/C12H13BrN2O4/c13-10-7-9(1-2-11(10)15(17)18)8-12(16)14-3-5-19-6-4-14/h1-2,7H,3-6,8H2. The summed E-state index contributed by atoms with van der Waals surface area (Å²) in [5.41, 5.74) is 0.761. The SMILES string of the molecule is O=C(Cc1ccc([N+](=O)[O-])c(Br)c1)N1CCOCC1. The lowest BCUT2D eigenvalue weighted by molar-refractivity contribution is -0.385. The molecule has 1 heterocycles. The van der Waals surface area contributed by atoms with Crippen LogP contribution in [0, 0.1) is 10.1 Å². The molecule has 1 aliphatic rings. The second-order valence-electron chi connectivity index (χ2n) is 4.21. The number of carbonyl (C=O) groups is 1. The number of hydrogen-bond donors (Lipinski definition) is 0. The first-order valence-electron chi connectivity index (χ1n) is 5.86. The maximum Gasteiger partial charge on any atom is 0.283 e. The van der Waals surface area contributed by atoms with Gasteiger partial charge < -0.3 is 9.64 Å². The molecule has 0 aliphatic carbocycles. The number of carbonyl (C=O) groups excluding carboxylic acids is 1. The van der Waals surface area contributed by atoms with Crippen LogP contribution in [-0.4, -0.2) is 42.0 Å². The number of amides is 1. The van der Waals surface area contributed by atoms with Gasteiger partial charge in [-0.3, -0.25) is 14.9 Å². The van der Waals surface area contributed by atoms with E-state index in [-0.39, 0.29) is 18.0 Å². The fraction of sp³-hybridized carbons (Fsp3) is 0.417. The minimum Gasteiger partial charge on any atom is -0.378 e. The van der Waals surface area contributed by atoms with Gasteiger partial charge in [0.15, 0.2) is 0 Å². The highest BCUT2D eigenvalue weighted by Gasteiger charge is 2.18. The number of rotatable bonds is 3. The summed E-state index contributed by atoms with van der Waals surface area (Å²) in [5.74, 6) is 0.0176. The Morgan fingerprint density at radius 2 is 2.11 bits per heavy atom. The number of hydrogen-bond acceptors (Lipinski definition) is 4. The summed E-state index contributed by atoms with van der Waals surface area (Å²) >= 11 is 3.15. The molecule has 1 aromatic carbocycles. The number of nitrogens with zero attached hydrogens (tertiary/aromatic N) is 2. The van der Waals surface area contributed by atoms with Crippen LogP contribution >= 0.6 is 15.9 Å². The highest BCUT2D eigenvalue weighted by molar-refractivity contribution is 9.10. The summed E-state index contributed by atoms with van der Waals surface area (Å²) < 4.78 is 5.58. The minimum absolute atomic E-state index is 0.00238. The van der Waals surface area contributed by atoms with Gasteiger partial charge in [0.1, 0.15) is 0 Å². The predicted octanol–water partition coefficient (Wildman–Crippen LogP) is 1.76. The van der Waals surface area contributed by atoms with E-state index in [1.807, 2.05) is 0 Å². The second-order valence-corrected chi connectivity index (χ2v) is 5.07. The van der Waals surface area contributed by atoms with Gasteiger partial charge in [0.25, 0.3) is 5.69 Å². The summed E-state index contributed by atoms with van der Waals surface area (Å²) in [4.78, 5) is 24.0. The third-order valence-corrected chi connectivity index (χ3v) is 3.56. The Hall–Kier alpha value is -1.47. The molecule has 0 N–H and O–H groups in total. The summed E-state index contributed by atoms with van der Waals surface area (Å²) in [6.07, 6.45) is 0.247. The van der Waals surface area contributed by atoms with Gasteiger partial charge in [0, 0.05) is 19.2 Å². The third kappa shape index (κ3) is 3.51. The van der Waals surface area contributed by atoms with Crippen molar-refractivity contribution in [3.05, 3.63) is 38.3 Å². The molecule has 0 radical (unpaired) electrons. The zero-order valence-corrected chi connectivity index (χ0v) is 11.8. The first kappa shape index (κ1) is 14.0. The van der Waals surface area contributed by atoms with Crippen LogP contribution in [0.4, 0.5) is 5.69 Å². The predicted molar refractivity (Wildman–Crippen MR) is 71.9 cm³/mol. The second kappa shape index (κ2) is 6.12. The van der Waals surface area contributed by atoms with E-state index in [2.05, 4.69) is 15.9 Å². The molecule has 2 rings (SSSR count). The van der Waals surface area contributed by atoms with E-state index in [9.17, 15) is 14.9 Å². The van der Waals surface area contributed by atoms with E-state index in [1.54, 1.807) is 17.0 Å². The molecule has 0 bridgehead atoms. The van der Waals surface area contributed by atoms with E-state index >= 15 is 0 Å². The average Bonchev–Trinajstić information content (AvgIpc) is 2.39. The van der Waals surface area contributed by atoms with Gasteiger partial charge in [-0.2, -0.15) is 0 Å². The molecule has 6 nitrogen and oxygen atoms in total. The molecule has 1 fully saturated rings. The molecule has 1 saturated heterocycles. The topological polar surface area (TPSA) is 72.7 Å². The van der Waals surface area contributed by atoms with Crippen molar-refractivity contribution < 1.29 is 14.5 Å². The molecule has 102 valence electrons. The Morgan fingerprint density at radius 1 is 1.42 bits per heavy atom. The summed E-state index contributed by atoms with van der Waals surface area (Å²) in [5, 5.41) is 10.7. The van der Waals surface area contributed by atoms with E-state index in [0.717, 1.165) is 5.56 Å². The lowest BCUT2D eigenvalue weighted by Crippen LogP contribution is -2.41. The van der Waals surface area contributed by atoms with Crippen molar-refractivity contribution in [2.24, 2.45) is 0 Å². The van der Waals surface area contributed by atoms with E-state index < -0.39 is 4.92 Å². The molecule has 0 aromatic heterocycles. The number of nitro groups is 1. The fourth-order valence-corrected chi connectivity index (χ4v) is 2.48. The zero-order chi connectivity index (χ0) is 13.8. The first-order chi connectivity index (χ1) is 9.08. The van der Waals surface area contributed by atoms with Gasteiger partial charge in [0.2, 0.25) is 5.91 Å². The van der Waals surface area contributed by atoms with Crippen LogP contribution in [-0.2, 0) is 16.0 Å². The first-order valence-corrected chi connectivity index (χ1v) is 6.65. The Balaban J connectivity index is 2.04. The van der Waals surface area contributed by atoms with Crippen molar-refractivity contribution in [3.63, 3.8) is 0 Å². The molecule has 1 aliphatic heterocycles. The largest absolute Gasteiger partial charge is 0.378 e. The van der Waals surface area contributed by atoms with Crippen molar-refractivity contribution in [3.8, 4) is 0 Å². The molecule has 0 unspecified atom stereocenters. The molecule has 0 saturated carbocycles. The molecule has 0 spiro atoms. The van der Waals surface area contributed by atoms with Gasteiger partial charge >= 0.3 is 0 Å². The van der Waals surface area contributed by atoms with Gasteiger partial charge in [0.05, 0.1) is 29.0 Å². The van der Waals surface area contributed by atoms with Gasteiger partial charge in [-0.05, 0) is 27.6 Å². The Labute approximate surface area is 118 Å². The number of benzene rings is 1. The van der Waals surface area contributed by atoms with Crippen LogP contribution in [0.15, 0.2) is 22.7 Å². The van der Waals surface area contributed by atoms with Crippen LogP contribution in [0.2, 0.25) is 0 Å². The summed E-state index contributed by atoms with van der Waals surface area (Å²) in [6.45, 7) is 2.34. The number of ether oxygens (including phenoxy) is 1. The molecule has 0 atom stereocenters. The maximum absolute atomic E-state index is 12.0. The van der Waals surface area contributed by atoms with E-state index in [0.29, 0.717) is 30.8 Å². The molecular weight excluding hydrogens is 316 g/mol. The monoisotopic (exact) mass is 328 g/mol.